The molecule has 1 heterocycles. The van der Waals surface area contributed by atoms with E-state index < -0.39 is 0 Å². The molecule has 1 saturated heterocycles. The van der Waals surface area contributed by atoms with Crippen molar-refractivity contribution in [3.63, 3.8) is 0 Å². The van der Waals surface area contributed by atoms with Crippen molar-refractivity contribution in [1.29, 1.82) is 0 Å². The number of benzene rings is 2. The number of phenolic OH excluding ortho intramolecular Hbond substituents is 1. The molecular weight excluding hydrogens is 322 g/mol. The normalized spacial score (nSPS) is 15.2. The Hall–Kier alpha value is -2.80. The molecule has 3 rings (SSSR count). The van der Waals surface area contributed by atoms with E-state index in [2.05, 4.69) is 9.80 Å². The molecule has 2 aromatic rings. The minimum absolute atomic E-state index is 0.115. The number of methoxy groups -OCH3 is 1. The van der Waals surface area contributed by atoms with Crippen LogP contribution in [0.2, 0.25) is 0 Å². The van der Waals surface area contributed by atoms with Gasteiger partial charge in [-0.3, -0.25) is 15.0 Å². The molecule has 7 heteroatoms. The average molecular weight is 343 g/mol. The lowest BCUT2D eigenvalue weighted by atomic mass is 10.1. The van der Waals surface area contributed by atoms with Gasteiger partial charge in [-0.25, -0.2) is 0 Å². The lowest BCUT2D eigenvalue weighted by molar-refractivity contribution is -0.384. The number of ether oxygens (including phenoxy) is 1. The first-order valence-electron chi connectivity index (χ1n) is 8.14. The number of hydrogen-bond acceptors (Lipinski definition) is 6. The summed E-state index contributed by atoms with van der Waals surface area (Å²) in [6.45, 7) is 4.34. The Balaban J connectivity index is 1.57. The van der Waals surface area contributed by atoms with E-state index in [1.54, 1.807) is 37.4 Å². The molecule has 25 heavy (non-hydrogen) atoms. The monoisotopic (exact) mass is 343 g/mol. The van der Waals surface area contributed by atoms with Gasteiger partial charge in [0.1, 0.15) is 0 Å². The molecule has 1 aliphatic rings. The highest BCUT2D eigenvalue weighted by Crippen LogP contribution is 2.27. The van der Waals surface area contributed by atoms with Crippen LogP contribution in [0.15, 0.2) is 42.5 Å². The lowest BCUT2D eigenvalue weighted by Gasteiger charge is -2.36. The summed E-state index contributed by atoms with van der Waals surface area (Å²) in [6.07, 6.45) is 0. The molecule has 1 fully saturated rings. The van der Waals surface area contributed by atoms with Gasteiger partial charge in [0.05, 0.1) is 12.0 Å². The van der Waals surface area contributed by atoms with E-state index in [0.717, 1.165) is 44.0 Å². The van der Waals surface area contributed by atoms with Gasteiger partial charge in [-0.15, -0.1) is 0 Å². The summed E-state index contributed by atoms with van der Waals surface area (Å²) in [5.74, 6) is 0.635. The second-order valence-electron chi connectivity index (χ2n) is 6.04. The number of nitro benzene ring substituents is 1. The number of non-ortho nitro benzene ring substituents is 1. The topological polar surface area (TPSA) is 79.1 Å². The predicted octanol–water partition coefficient (Wildman–Crippen LogP) is 2.63. The van der Waals surface area contributed by atoms with Gasteiger partial charge >= 0.3 is 0 Å². The van der Waals surface area contributed by atoms with Crippen LogP contribution in [0.25, 0.3) is 0 Å². The van der Waals surface area contributed by atoms with Crippen molar-refractivity contribution in [3.8, 4) is 11.5 Å². The lowest BCUT2D eigenvalue weighted by Crippen LogP contribution is -2.45. The van der Waals surface area contributed by atoms with Gasteiger partial charge < -0.3 is 14.7 Å². The zero-order valence-electron chi connectivity index (χ0n) is 14.1. The smallest absolute Gasteiger partial charge is 0.269 e. The van der Waals surface area contributed by atoms with Crippen molar-refractivity contribution in [1.82, 2.24) is 4.90 Å². The molecule has 7 nitrogen and oxygen atoms in total. The fraction of sp³-hybridized carbons (Fsp3) is 0.333. The molecular formula is C18H21N3O4. The van der Waals surface area contributed by atoms with E-state index in [0.29, 0.717) is 5.75 Å². The number of rotatable bonds is 5. The van der Waals surface area contributed by atoms with Crippen LogP contribution in [0.4, 0.5) is 11.4 Å². The van der Waals surface area contributed by atoms with Crippen molar-refractivity contribution in [2.24, 2.45) is 0 Å². The molecule has 0 atom stereocenters. The Kier molecular flexibility index (Phi) is 5.04. The first kappa shape index (κ1) is 17.0. The van der Waals surface area contributed by atoms with Crippen LogP contribution >= 0.6 is 0 Å². The Morgan fingerprint density at radius 1 is 1.12 bits per heavy atom. The maximum atomic E-state index is 10.7. The number of hydrogen-bond donors (Lipinski definition) is 1. The molecule has 132 valence electrons. The largest absolute Gasteiger partial charge is 0.504 e. The zero-order chi connectivity index (χ0) is 17.8. The second-order valence-corrected chi connectivity index (χ2v) is 6.04. The SMILES string of the molecule is COc1cc(CN2CCN(c3ccc([N+](=O)[O-])cc3)CC2)ccc1O. The van der Waals surface area contributed by atoms with Crippen LogP contribution in [-0.2, 0) is 6.54 Å². The van der Waals surface area contributed by atoms with Crippen LogP contribution in [0.3, 0.4) is 0 Å². The molecule has 0 bridgehead atoms. The van der Waals surface area contributed by atoms with Crippen molar-refractivity contribution in [2.75, 3.05) is 38.2 Å². The average Bonchev–Trinajstić information content (AvgIpc) is 2.64. The molecule has 0 radical (unpaired) electrons. The maximum absolute atomic E-state index is 10.7. The summed E-state index contributed by atoms with van der Waals surface area (Å²) >= 11 is 0. The highest BCUT2D eigenvalue weighted by Gasteiger charge is 2.18. The van der Waals surface area contributed by atoms with Crippen LogP contribution in [0, 0.1) is 10.1 Å². The fourth-order valence-corrected chi connectivity index (χ4v) is 3.03. The third kappa shape index (κ3) is 4.00. The van der Waals surface area contributed by atoms with Gasteiger partial charge in [-0.2, -0.15) is 0 Å². The van der Waals surface area contributed by atoms with E-state index in [4.69, 9.17) is 4.74 Å². The van der Waals surface area contributed by atoms with Gasteiger partial charge in [0.15, 0.2) is 11.5 Å². The third-order valence-corrected chi connectivity index (χ3v) is 4.45. The van der Waals surface area contributed by atoms with Crippen LogP contribution < -0.4 is 9.64 Å². The molecule has 0 saturated carbocycles. The Morgan fingerprint density at radius 3 is 2.40 bits per heavy atom. The predicted molar refractivity (Wildman–Crippen MR) is 95.2 cm³/mol. The van der Waals surface area contributed by atoms with Gasteiger partial charge in [-0.1, -0.05) is 6.07 Å². The van der Waals surface area contributed by atoms with Gasteiger partial charge in [0, 0.05) is 50.5 Å². The van der Waals surface area contributed by atoms with Crippen molar-refractivity contribution < 1.29 is 14.8 Å². The number of phenols is 1. The highest BCUT2D eigenvalue weighted by atomic mass is 16.6. The maximum Gasteiger partial charge on any atom is 0.269 e. The van der Waals surface area contributed by atoms with Gasteiger partial charge in [-0.05, 0) is 29.8 Å². The first-order chi connectivity index (χ1) is 12.1. The van der Waals surface area contributed by atoms with E-state index in [-0.39, 0.29) is 16.4 Å². The summed E-state index contributed by atoms with van der Waals surface area (Å²) in [5, 5.41) is 20.4. The first-order valence-corrected chi connectivity index (χ1v) is 8.14. The molecule has 0 spiro atoms. The van der Waals surface area contributed by atoms with E-state index in [9.17, 15) is 15.2 Å². The van der Waals surface area contributed by atoms with Gasteiger partial charge in [0.25, 0.3) is 5.69 Å². The number of nitrogens with zero attached hydrogens (tertiary/aromatic N) is 3. The molecule has 0 aliphatic carbocycles. The minimum atomic E-state index is -0.381. The minimum Gasteiger partial charge on any atom is -0.504 e. The van der Waals surface area contributed by atoms with Crippen molar-refractivity contribution in [3.05, 3.63) is 58.1 Å². The number of aromatic hydroxyl groups is 1. The fourth-order valence-electron chi connectivity index (χ4n) is 3.03. The summed E-state index contributed by atoms with van der Waals surface area (Å²) in [5.41, 5.74) is 2.22. The van der Waals surface area contributed by atoms with Crippen LogP contribution in [-0.4, -0.2) is 48.2 Å². The molecule has 0 amide bonds. The summed E-state index contributed by atoms with van der Waals surface area (Å²) in [7, 11) is 1.54. The second kappa shape index (κ2) is 7.40. The summed E-state index contributed by atoms with van der Waals surface area (Å²) < 4.78 is 5.15. The zero-order valence-corrected chi connectivity index (χ0v) is 14.1. The number of nitro groups is 1. The molecule has 1 aliphatic heterocycles. The Bertz CT molecular complexity index is 740. The number of piperazine rings is 1. The summed E-state index contributed by atoms with van der Waals surface area (Å²) in [4.78, 5) is 14.9. The van der Waals surface area contributed by atoms with Gasteiger partial charge in [0.2, 0.25) is 0 Å². The van der Waals surface area contributed by atoms with E-state index >= 15 is 0 Å². The van der Waals surface area contributed by atoms with E-state index in [1.807, 2.05) is 12.1 Å². The molecule has 1 N–H and O–H groups in total. The molecule has 0 aromatic heterocycles. The standard InChI is InChI=1S/C18H21N3O4/c1-25-18-12-14(2-7-17(18)22)13-19-8-10-20(11-9-19)15-3-5-16(6-4-15)21(23)24/h2-7,12,22H,8-11,13H2,1H3. The quantitative estimate of drug-likeness (QED) is 0.664. The highest BCUT2D eigenvalue weighted by molar-refractivity contribution is 5.51. The molecule has 0 unspecified atom stereocenters. The van der Waals surface area contributed by atoms with Crippen LogP contribution in [0.1, 0.15) is 5.56 Å². The summed E-state index contributed by atoms with van der Waals surface area (Å²) in [6, 6.07) is 12.1. The van der Waals surface area contributed by atoms with E-state index in [1.165, 1.54) is 0 Å². The van der Waals surface area contributed by atoms with Crippen molar-refractivity contribution in [2.45, 2.75) is 6.54 Å². The van der Waals surface area contributed by atoms with Crippen molar-refractivity contribution >= 4 is 11.4 Å². The third-order valence-electron chi connectivity index (χ3n) is 4.45. The number of anilines is 1. The van der Waals surface area contributed by atoms with Crippen LogP contribution in [0.5, 0.6) is 11.5 Å². The Morgan fingerprint density at radius 2 is 1.80 bits per heavy atom. The molecule has 2 aromatic carbocycles. The Labute approximate surface area is 146 Å².